The molecule has 3 aromatic rings. The van der Waals surface area contributed by atoms with Gasteiger partial charge in [0.05, 0.1) is 30.7 Å². The second-order valence-corrected chi connectivity index (χ2v) is 7.39. The minimum atomic E-state index is -0.247. The van der Waals surface area contributed by atoms with Gasteiger partial charge in [0, 0.05) is 16.4 Å². The summed E-state index contributed by atoms with van der Waals surface area (Å²) >= 11 is 3.43. The molecule has 7 heteroatoms. The first-order chi connectivity index (χ1) is 13.1. The zero-order valence-electron chi connectivity index (χ0n) is 14.5. The molecule has 0 radical (unpaired) electrons. The van der Waals surface area contributed by atoms with Crippen LogP contribution >= 0.6 is 15.9 Å². The fourth-order valence-corrected chi connectivity index (χ4v) is 3.58. The molecule has 0 spiro atoms. The maximum absolute atomic E-state index is 12.9. The van der Waals surface area contributed by atoms with E-state index in [2.05, 4.69) is 26.1 Å². The lowest BCUT2D eigenvalue weighted by Crippen LogP contribution is -2.43. The summed E-state index contributed by atoms with van der Waals surface area (Å²) in [7, 11) is 0. The summed E-state index contributed by atoms with van der Waals surface area (Å²) in [6.07, 6.45) is 0.000690. The first-order valence-electron chi connectivity index (χ1n) is 8.73. The van der Waals surface area contributed by atoms with E-state index in [9.17, 15) is 9.59 Å². The van der Waals surface area contributed by atoms with Crippen LogP contribution < -0.4 is 5.56 Å². The number of rotatable bonds is 3. The Balaban J connectivity index is 1.52. The Kier molecular flexibility index (Phi) is 5.05. The SMILES string of the molecule is O=C(Cc1n[nH]c(=O)c2ccccc12)N1CCO[C@@H](c2ccc(Br)cc2)C1. The number of carbonyl (C=O) groups is 1. The summed E-state index contributed by atoms with van der Waals surface area (Å²) in [4.78, 5) is 26.6. The topological polar surface area (TPSA) is 75.3 Å². The number of H-pyrrole nitrogens is 1. The van der Waals surface area contributed by atoms with E-state index < -0.39 is 0 Å². The van der Waals surface area contributed by atoms with Gasteiger partial charge in [0.15, 0.2) is 0 Å². The Morgan fingerprint density at radius 3 is 2.70 bits per heavy atom. The normalized spacial score (nSPS) is 17.2. The molecule has 1 amide bonds. The number of ether oxygens (including phenoxy) is 1. The van der Waals surface area contributed by atoms with Gasteiger partial charge in [0.1, 0.15) is 6.10 Å². The van der Waals surface area contributed by atoms with Crippen LogP contribution in [0.5, 0.6) is 0 Å². The van der Waals surface area contributed by atoms with Crippen molar-refractivity contribution in [3.8, 4) is 0 Å². The summed E-state index contributed by atoms with van der Waals surface area (Å²) in [5.74, 6) is -0.0230. The molecule has 0 saturated carbocycles. The Morgan fingerprint density at radius 2 is 1.93 bits per heavy atom. The first-order valence-corrected chi connectivity index (χ1v) is 9.52. The average Bonchev–Trinajstić information content (AvgIpc) is 2.71. The van der Waals surface area contributed by atoms with Gasteiger partial charge in [-0.1, -0.05) is 46.3 Å². The van der Waals surface area contributed by atoms with Gasteiger partial charge in [-0.15, -0.1) is 0 Å². The highest BCUT2D eigenvalue weighted by atomic mass is 79.9. The third kappa shape index (κ3) is 3.79. The number of carbonyl (C=O) groups excluding carboxylic acids is 1. The van der Waals surface area contributed by atoms with Crippen LogP contribution in [0.25, 0.3) is 10.8 Å². The fourth-order valence-electron chi connectivity index (χ4n) is 3.32. The van der Waals surface area contributed by atoms with Gasteiger partial charge >= 0.3 is 0 Å². The quantitative estimate of drug-likeness (QED) is 0.697. The molecule has 4 rings (SSSR count). The number of fused-ring (bicyclic) bond motifs is 1. The lowest BCUT2D eigenvalue weighted by molar-refractivity contribution is -0.138. The first kappa shape index (κ1) is 17.9. The second kappa shape index (κ2) is 7.62. The maximum Gasteiger partial charge on any atom is 0.272 e. The standard InChI is InChI=1S/C20H18BrN3O3/c21-14-7-5-13(6-8-14)18-12-24(9-10-27-18)19(25)11-17-15-3-1-2-4-16(15)20(26)23-22-17/h1-8,18H,9-12H2,(H,23,26)/t18-/m1/s1. The largest absolute Gasteiger partial charge is 0.370 e. The summed E-state index contributed by atoms with van der Waals surface area (Å²) < 4.78 is 6.85. The minimum Gasteiger partial charge on any atom is -0.370 e. The molecule has 0 unspecified atom stereocenters. The molecule has 0 aliphatic carbocycles. The van der Waals surface area contributed by atoms with Gasteiger partial charge in [-0.3, -0.25) is 9.59 Å². The lowest BCUT2D eigenvalue weighted by Gasteiger charge is -2.33. The molecule has 1 aliphatic rings. The van der Waals surface area contributed by atoms with E-state index in [1.807, 2.05) is 36.4 Å². The molecule has 138 valence electrons. The molecule has 1 aliphatic heterocycles. The van der Waals surface area contributed by atoms with Gasteiger partial charge in [-0.2, -0.15) is 5.10 Å². The number of aromatic amines is 1. The maximum atomic E-state index is 12.9. The van der Waals surface area contributed by atoms with Crippen molar-refractivity contribution in [3.63, 3.8) is 0 Å². The second-order valence-electron chi connectivity index (χ2n) is 6.47. The molecule has 6 nitrogen and oxygen atoms in total. The zero-order chi connectivity index (χ0) is 18.8. The molecule has 27 heavy (non-hydrogen) atoms. The van der Waals surface area contributed by atoms with Crippen LogP contribution in [0.3, 0.4) is 0 Å². The smallest absolute Gasteiger partial charge is 0.272 e. The molecule has 1 saturated heterocycles. The molecular formula is C20H18BrN3O3. The van der Waals surface area contributed by atoms with E-state index in [1.165, 1.54) is 0 Å². The van der Waals surface area contributed by atoms with Crippen LogP contribution in [0.15, 0.2) is 57.8 Å². The lowest BCUT2D eigenvalue weighted by atomic mass is 10.1. The van der Waals surface area contributed by atoms with Crippen LogP contribution in [0.4, 0.5) is 0 Å². The van der Waals surface area contributed by atoms with E-state index >= 15 is 0 Å². The highest BCUT2D eigenvalue weighted by Crippen LogP contribution is 2.24. The molecule has 1 atom stereocenters. The van der Waals surface area contributed by atoms with Gasteiger partial charge in [-0.25, -0.2) is 5.10 Å². The van der Waals surface area contributed by atoms with Crippen molar-refractivity contribution in [2.45, 2.75) is 12.5 Å². The number of nitrogens with one attached hydrogen (secondary N) is 1. The van der Waals surface area contributed by atoms with E-state index in [0.29, 0.717) is 36.2 Å². The summed E-state index contributed by atoms with van der Waals surface area (Å²) in [6.45, 7) is 1.54. The van der Waals surface area contributed by atoms with Crippen molar-refractivity contribution in [2.24, 2.45) is 0 Å². The molecule has 1 fully saturated rings. The van der Waals surface area contributed by atoms with Gasteiger partial charge in [-0.05, 0) is 23.8 Å². The molecule has 0 bridgehead atoms. The third-order valence-electron chi connectivity index (χ3n) is 4.75. The van der Waals surface area contributed by atoms with E-state index in [4.69, 9.17) is 4.74 Å². The molecular weight excluding hydrogens is 410 g/mol. The molecule has 1 aromatic heterocycles. The number of amides is 1. The number of hydrogen-bond donors (Lipinski definition) is 1. The summed E-state index contributed by atoms with van der Waals surface area (Å²) in [5, 5.41) is 7.85. The summed E-state index contributed by atoms with van der Waals surface area (Å²) in [6, 6.07) is 15.1. The van der Waals surface area contributed by atoms with E-state index in [-0.39, 0.29) is 24.0 Å². The third-order valence-corrected chi connectivity index (χ3v) is 5.28. The van der Waals surface area contributed by atoms with Gasteiger partial charge in [0.2, 0.25) is 5.91 Å². The van der Waals surface area contributed by atoms with Crippen molar-refractivity contribution < 1.29 is 9.53 Å². The average molecular weight is 428 g/mol. The van der Waals surface area contributed by atoms with Gasteiger partial charge < -0.3 is 9.64 Å². The number of hydrogen-bond acceptors (Lipinski definition) is 4. The Bertz CT molecular complexity index is 1030. The Morgan fingerprint density at radius 1 is 1.19 bits per heavy atom. The Labute approximate surface area is 164 Å². The van der Waals surface area contributed by atoms with Crippen molar-refractivity contribution in [1.29, 1.82) is 0 Å². The highest BCUT2D eigenvalue weighted by Gasteiger charge is 2.26. The molecule has 1 N–H and O–H groups in total. The van der Waals surface area contributed by atoms with Crippen molar-refractivity contribution in [3.05, 3.63) is 74.6 Å². The zero-order valence-corrected chi connectivity index (χ0v) is 16.1. The van der Waals surface area contributed by atoms with E-state index in [1.54, 1.807) is 17.0 Å². The van der Waals surface area contributed by atoms with E-state index in [0.717, 1.165) is 10.0 Å². The number of halogens is 1. The van der Waals surface area contributed by atoms with Crippen LogP contribution in [0.2, 0.25) is 0 Å². The number of nitrogens with zero attached hydrogens (tertiary/aromatic N) is 2. The Hall–Kier alpha value is -2.51. The minimum absolute atomic E-state index is 0.0230. The van der Waals surface area contributed by atoms with Crippen molar-refractivity contribution >= 4 is 32.6 Å². The number of morpholine rings is 1. The molecule has 2 heterocycles. The number of benzene rings is 2. The fraction of sp³-hybridized carbons (Fsp3) is 0.250. The predicted molar refractivity (Wildman–Crippen MR) is 105 cm³/mol. The van der Waals surface area contributed by atoms with Crippen LogP contribution in [0.1, 0.15) is 17.4 Å². The summed E-state index contributed by atoms with van der Waals surface area (Å²) in [5.41, 5.74) is 1.38. The van der Waals surface area contributed by atoms with Crippen LogP contribution in [0, 0.1) is 0 Å². The van der Waals surface area contributed by atoms with Crippen molar-refractivity contribution in [2.75, 3.05) is 19.7 Å². The number of aromatic nitrogens is 2. The highest BCUT2D eigenvalue weighted by molar-refractivity contribution is 9.10. The molecule has 2 aromatic carbocycles. The van der Waals surface area contributed by atoms with Gasteiger partial charge in [0.25, 0.3) is 5.56 Å². The monoisotopic (exact) mass is 427 g/mol. The van der Waals surface area contributed by atoms with Crippen LogP contribution in [-0.2, 0) is 16.0 Å². The predicted octanol–water partition coefficient (Wildman–Crippen LogP) is 2.83. The van der Waals surface area contributed by atoms with Crippen LogP contribution in [-0.4, -0.2) is 40.7 Å². The van der Waals surface area contributed by atoms with Crippen molar-refractivity contribution in [1.82, 2.24) is 15.1 Å².